The van der Waals surface area contributed by atoms with Crippen molar-refractivity contribution in [1.82, 2.24) is 10.2 Å². The number of thioether (sulfide) groups is 1. The Kier molecular flexibility index (Phi) is 5.29. The molecule has 0 aromatic rings. The first-order chi connectivity index (χ1) is 9.77. The second kappa shape index (κ2) is 6.99. The lowest BCUT2D eigenvalue weighted by Gasteiger charge is -2.39. The van der Waals surface area contributed by atoms with Crippen LogP contribution in [0.3, 0.4) is 0 Å². The van der Waals surface area contributed by atoms with Crippen molar-refractivity contribution in [3.8, 4) is 0 Å². The normalized spacial score (nSPS) is 37.4. The molecule has 1 N–H and O–H groups in total. The Morgan fingerprint density at radius 1 is 1.35 bits per heavy atom. The van der Waals surface area contributed by atoms with Gasteiger partial charge in [-0.2, -0.15) is 11.8 Å². The molecule has 0 amide bonds. The van der Waals surface area contributed by atoms with Crippen molar-refractivity contribution in [2.24, 2.45) is 0 Å². The van der Waals surface area contributed by atoms with Crippen molar-refractivity contribution >= 4 is 11.8 Å². The number of likely N-dealkylation sites (tertiary alicyclic amines) is 1. The van der Waals surface area contributed by atoms with Crippen LogP contribution >= 0.6 is 11.8 Å². The molecule has 3 aliphatic heterocycles. The van der Waals surface area contributed by atoms with Gasteiger partial charge in [-0.15, -0.1) is 0 Å². The molecule has 3 atom stereocenters. The number of ether oxygens (including phenoxy) is 1. The molecule has 1 spiro atoms. The van der Waals surface area contributed by atoms with E-state index in [9.17, 15) is 0 Å². The number of nitrogens with zero attached hydrogens (tertiary/aromatic N) is 1. The third kappa shape index (κ3) is 3.70. The third-order valence-electron chi connectivity index (χ3n) is 5.28. The topological polar surface area (TPSA) is 24.5 Å². The van der Waals surface area contributed by atoms with Gasteiger partial charge < -0.3 is 10.1 Å². The predicted molar refractivity (Wildman–Crippen MR) is 86.5 cm³/mol. The fraction of sp³-hybridized carbons (Fsp3) is 1.00. The first kappa shape index (κ1) is 15.1. The molecular weight excluding hydrogens is 268 g/mol. The standard InChI is InChI=1S/C16H30N2OS/c1-14(18-7-3-2-4-8-18)12-17-15-5-9-19-16(11-15)6-10-20-13-16/h14-15,17H,2-13H2,1H3. The Morgan fingerprint density at radius 3 is 2.95 bits per heavy atom. The largest absolute Gasteiger partial charge is 0.374 e. The van der Waals surface area contributed by atoms with E-state index in [0.717, 1.165) is 13.2 Å². The summed E-state index contributed by atoms with van der Waals surface area (Å²) in [7, 11) is 0. The van der Waals surface area contributed by atoms with Crippen LogP contribution in [0.5, 0.6) is 0 Å². The Balaban J connectivity index is 1.43. The fourth-order valence-corrected chi connectivity index (χ4v) is 5.27. The third-order valence-corrected chi connectivity index (χ3v) is 6.50. The van der Waals surface area contributed by atoms with Gasteiger partial charge in [-0.25, -0.2) is 0 Å². The lowest BCUT2D eigenvalue weighted by molar-refractivity contribution is -0.0706. The van der Waals surface area contributed by atoms with E-state index in [4.69, 9.17) is 4.74 Å². The van der Waals surface area contributed by atoms with Crippen LogP contribution in [0.1, 0.15) is 45.4 Å². The molecule has 116 valence electrons. The number of piperidine rings is 1. The summed E-state index contributed by atoms with van der Waals surface area (Å²) in [4.78, 5) is 2.66. The van der Waals surface area contributed by atoms with Crippen LogP contribution in [0, 0.1) is 0 Å². The van der Waals surface area contributed by atoms with Gasteiger partial charge in [0.2, 0.25) is 0 Å². The smallest absolute Gasteiger partial charge is 0.0795 e. The molecule has 0 aromatic heterocycles. The van der Waals surface area contributed by atoms with Crippen molar-refractivity contribution in [1.29, 1.82) is 0 Å². The zero-order valence-corrected chi connectivity index (χ0v) is 13.7. The molecule has 3 aliphatic rings. The Morgan fingerprint density at radius 2 is 2.20 bits per heavy atom. The van der Waals surface area contributed by atoms with Gasteiger partial charge in [0.05, 0.1) is 5.60 Å². The second-order valence-corrected chi connectivity index (χ2v) is 7.98. The van der Waals surface area contributed by atoms with Crippen LogP contribution in [0.2, 0.25) is 0 Å². The molecule has 0 aromatic carbocycles. The Labute approximate surface area is 128 Å². The minimum atomic E-state index is 0.217. The summed E-state index contributed by atoms with van der Waals surface area (Å²) in [5.41, 5.74) is 0.217. The summed E-state index contributed by atoms with van der Waals surface area (Å²) in [6.07, 6.45) is 7.89. The predicted octanol–water partition coefficient (Wildman–Crippen LogP) is 2.51. The maximum atomic E-state index is 6.11. The zero-order chi connectivity index (χ0) is 13.8. The summed E-state index contributed by atoms with van der Waals surface area (Å²) < 4.78 is 6.11. The summed E-state index contributed by atoms with van der Waals surface area (Å²) >= 11 is 2.07. The van der Waals surface area contributed by atoms with Gasteiger partial charge in [-0.05, 0) is 57.9 Å². The first-order valence-electron chi connectivity index (χ1n) is 8.47. The SMILES string of the molecule is CC(CNC1CCOC2(CCSC2)C1)N1CCCCC1. The second-order valence-electron chi connectivity index (χ2n) is 6.88. The maximum absolute atomic E-state index is 6.11. The maximum Gasteiger partial charge on any atom is 0.0795 e. The average Bonchev–Trinajstić information content (AvgIpc) is 2.93. The van der Waals surface area contributed by atoms with Gasteiger partial charge in [0.1, 0.15) is 0 Å². The van der Waals surface area contributed by atoms with Crippen LogP contribution in [0.25, 0.3) is 0 Å². The summed E-state index contributed by atoms with van der Waals surface area (Å²) in [5, 5.41) is 3.84. The van der Waals surface area contributed by atoms with E-state index in [0.29, 0.717) is 12.1 Å². The number of hydrogen-bond donors (Lipinski definition) is 1. The molecule has 3 saturated heterocycles. The molecule has 4 heteroatoms. The molecule has 0 radical (unpaired) electrons. The van der Waals surface area contributed by atoms with E-state index in [1.54, 1.807) is 0 Å². The molecule has 3 nitrogen and oxygen atoms in total. The average molecular weight is 298 g/mol. The van der Waals surface area contributed by atoms with Crippen LogP contribution in [-0.2, 0) is 4.74 Å². The quantitative estimate of drug-likeness (QED) is 0.862. The highest BCUT2D eigenvalue weighted by Gasteiger charge is 2.40. The lowest BCUT2D eigenvalue weighted by atomic mass is 9.90. The van der Waals surface area contributed by atoms with Crippen molar-refractivity contribution in [2.75, 3.05) is 37.7 Å². The van der Waals surface area contributed by atoms with E-state index in [1.165, 1.54) is 63.1 Å². The van der Waals surface area contributed by atoms with Gasteiger partial charge in [0.15, 0.2) is 0 Å². The molecule has 0 bridgehead atoms. The Hall–Kier alpha value is 0.230. The first-order valence-corrected chi connectivity index (χ1v) is 9.62. The van der Waals surface area contributed by atoms with Gasteiger partial charge in [-0.1, -0.05) is 6.42 Å². The summed E-state index contributed by atoms with van der Waals surface area (Å²) in [5.74, 6) is 2.50. The number of nitrogens with one attached hydrogen (secondary N) is 1. The van der Waals surface area contributed by atoms with E-state index in [2.05, 4.69) is 28.9 Å². The summed E-state index contributed by atoms with van der Waals surface area (Å²) in [6, 6.07) is 1.36. The molecular formula is C16H30N2OS. The van der Waals surface area contributed by atoms with Crippen molar-refractivity contribution in [3.05, 3.63) is 0 Å². The van der Waals surface area contributed by atoms with Crippen LogP contribution in [0.15, 0.2) is 0 Å². The van der Waals surface area contributed by atoms with Crippen LogP contribution in [-0.4, -0.2) is 60.3 Å². The minimum absolute atomic E-state index is 0.217. The van der Waals surface area contributed by atoms with E-state index in [-0.39, 0.29) is 5.60 Å². The van der Waals surface area contributed by atoms with Crippen LogP contribution < -0.4 is 5.32 Å². The highest BCUT2D eigenvalue weighted by atomic mass is 32.2. The van der Waals surface area contributed by atoms with E-state index in [1.807, 2.05) is 0 Å². The minimum Gasteiger partial charge on any atom is -0.374 e. The number of rotatable bonds is 4. The molecule has 3 rings (SSSR count). The van der Waals surface area contributed by atoms with Crippen LogP contribution in [0.4, 0.5) is 0 Å². The molecule has 3 unspecified atom stereocenters. The molecule has 0 aliphatic carbocycles. The molecule has 20 heavy (non-hydrogen) atoms. The zero-order valence-electron chi connectivity index (χ0n) is 12.9. The molecule has 3 heterocycles. The van der Waals surface area contributed by atoms with Gasteiger partial charge >= 0.3 is 0 Å². The van der Waals surface area contributed by atoms with E-state index < -0.39 is 0 Å². The summed E-state index contributed by atoms with van der Waals surface area (Å²) in [6.45, 7) is 7.09. The monoisotopic (exact) mass is 298 g/mol. The van der Waals surface area contributed by atoms with Gasteiger partial charge in [-0.3, -0.25) is 4.90 Å². The van der Waals surface area contributed by atoms with Crippen molar-refractivity contribution < 1.29 is 4.74 Å². The molecule has 3 fully saturated rings. The highest BCUT2D eigenvalue weighted by molar-refractivity contribution is 7.99. The van der Waals surface area contributed by atoms with E-state index >= 15 is 0 Å². The van der Waals surface area contributed by atoms with Gasteiger partial charge in [0.25, 0.3) is 0 Å². The Bertz CT molecular complexity index is 301. The van der Waals surface area contributed by atoms with Crippen molar-refractivity contribution in [3.63, 3.8) is 0 Å². The van der Waals surface area contributed by atoms with Gasteiger partial charge in [0, 0.05) is 31.0 Å². The number of hydrogen-bond acceptors (Lipinski definition) is 4. The van der Waals surface area contributed by atoms with Crippen molar-refractivity contribution in [2.45, 2.75) is 63.1 Å². The molecule has 0 saturated carbocycles. The fourth-order valence-electron chi connectivity index (χ4n) is 3.89. The highest BCUT2D eigenvalue weighted by Crippen LogP contribution is 2.38. The lowest BCUT2D eigenvalue weighted by Crippen LogP contribution is -2.50.